The summed E-state index contributed by atoms with van der Waals surface area (Å²) in [6, 6.07) is 17.5. The van der Waals surface area contributed by atoms with Crippen LogP contribution in [0.3, 0.4) is 0 Å². The average molecular weight is 666 g/mol. The lowest BCUT2D eigenvalue weighted by atomic mass is 9.91. The standard InChI is InChI=1S/C18H18F3N3O.C16H17ClN4O/c19-18(20,21)16-8-5-14(11-23-16)17(25)24-15-6-3-12(4-7-15)13-2-1-9-22-10-13;17-15-10-19-14(9-20-15)16(22)21-13-5-3-11(4-6-13)12-2-1-7-18-8-12/h3-8,11,13,22H,1-2,9-10H2,(H,24,25);3-6,9-10,12,18H,1-2,7-8H2,(H,21,22)/t13-;12-/m10/s1. The van der Waals surface area contributed by atoms with Crippen LogP contribution in [-0.2, 0) is 6.18 Å². The molecule has 13 heteroatoms. The molecule has 4 N–H and O–H groups in total. The van der Waals surface area contributed by atoms with E-state index in [1.54, 1.807) is 12.1 Å². The van der Waals surface area contributed by atoms with Crippen molar-refractivity contribution in [3.8, 4) is 0 Å². The predicted octanol–water partition coefficient (Wildman–Crippen LogP) is 6.67. The fourth-order valence-corrected chi connectivity index (χ4v) is 5.57. The Morgan fingerprint density at radius 3 is 1.68 bits per heavy atom. The van der Waals surface area contributed by atoms with Crippen molar-refractivity contribution in [2.45, 2.75) is 43.7 Å². The van der Waals surface area contributed by atoms with E-state index in [0.29, 0.717) is 17.5 Å². The normalized spacial score (nSPS) is 18.0. The molecule has 2 fully saturated rings. The third kappa shape index (κ3) is 9.80. The molecule has 2 amide bonds. The lowest BCUT2D eigenvalue weighted by molar-refractivity contribution is -0.141. The molecule has 2 saturated heterocycles. The van der Waals surface area contributed by atoms with Crippen molar-refractivity contribution in [2.75, 3.05) is 36.8 Å². The highest BCUT2D eigenvalue weighted by atomic mass is 35.5. The summed E-state index contributed by atoms with van der Waals surface area (Å²) in [4.78, 5) is 35.3. The van der Waals surface area contributed by atoms with Gasteiger partial charge in [0.15, 0.2) is 0 Å². The van der Waals surface area contributed by atoms with Gasteiger partial charge in [0.05, 0.1) is 18.0 Å². The number of aromatic nitrogens is 3. The van der Waals surface area contributed by atoms with Gasteiger partial charge in [0.1, 0.15) is 16.5 Å². The summed E-state index contributed by atoms with van der Waals surface area (Å²) in [7, 11) is 0. The number of nitrogens with one attached hydrogen (secondary N) is 4. The number of amides is 2. The molecule has 0 unspecified atom stereocenters. The van der Waals surface area contributed by atoms with Crippen LogP contribution in [0.25, 0.3) is 0 Å². The van der Waals surface area contributed by atoms with Crippen LogP contribution in [-0.4, -0.2) is 52.9 Å². The number of benzene rings is 2. The van der Waals surface area contributed by atoms with Crippen LogP contribution >= 0.6 is 11.6 Å². The molecule has 2 aromatic heterocycles. The Morgan fingerprint density at radius 1 is 0.702 bits per heavy atom. The summed E-state index contributed by atoms with van der Waals surface area (Å²) in [5.74, 6) is 0.239. The van der Waals surface area contributed by atoms with Gasteiger partial charge < -0.3 is 21.3 Å². The maximum Gasteiger partial charge on any atom is 0.433 e. The van der Waals surface area contributed by atoms with Crippen molar-refractivity contribution >= 4 is 34.8 Å². The molecule has 0 radical (unpaired) electrons. The quantitative estimate of drug-likeness (QED) is 0.182. The van der Waals surface area contributed by atoms with E-state index in [2.05, 4.69) is 48.4 Å². The van der Waals surface area contributed by atoms with Crippen LogP contribution < -0.4 is 21.3 Å². The second kappa shape index (κ2) is 15.9. The minimum Gasteiger partial charge on any atom is -0.322 e. The Balaban J connectivity index is 0.000000186. The molecule has 2 aromatic carbocycles. The smallest absolute Gasteiger partial charge is 0.322 e. The van der Waals surface area contributed by atoms with Crippen LogP contribution in [0, 0.1) is 0 Å². The van der Waals surface area contributed by atoms with Gasteiger partial charge in [-0.1, -0.05) is 35.9 Å². The minimum absolute atomic E-state index is 0.0774. The molecule has 2 atom stereocenters. The molecule has 0 bridgehead atoms. The molecule has 0 spiro atoms. The first-order valence-electron chi connectivity index (χ1n) is 15.4. The van der Waals surface area contributed by atoms with E-state index in [9.17, 15) is 22.8 Å². The molecule has 246 valence electrons. The van der Waals surface area contributed by atoms with Crippen LogP contribution in [0.2, 0.25) is 5.15 Å². The first kappa shape index (κ1) is 34.0. The van der Waals surface area contributed by atoms with Crippen molar-refractivity contribution in [3.05, 3.63) is 112 Å². The van der Waals surface area contributed by atoms with E-state index in [1.807, 2.05) is 24.3 Å². The van der Waals surface area contributed by atoms with Crippen molar-refractivity contribution in [1.29, 1.82) is 0 Å². The van der Waals surface area contributed by atoms with Gasteiger partial charge in [-0.25, -0.2) is 9.97 Å². The average Bonchev–Trinajstić information content (AvgIpc) is 3.10. The lowest BCUT2D eigenvalue weighted by Crippen LogP contribution is -2.28. The molecule has 4 heterocycles. The third-order valence-electron chi connectivity index (χ3n) is 8.04. The van der Waals surface area contributed by atoms with Gasteiger partial charge in [-0.15, -0.1) is 0 Å². The maximum atomic E-state index is 12.5. The largest absolute Gasteiger partial charge is 0.433 e. The molecule has 2 aliphatic heterocycles. The first-order valence-corrected chi connectivity index (χ1v) is 15.8. The molecule has 47 heavy (non-hydrogen) atoms. The maximum absolute atomic E-state index is 12.5. The van der Waals surface area contributed by atoms with Gasteiger partial charge in [0.25, 0.3) is 11.8 Å². The van der Waals surface area contributed by atoms with Gasteiger partial charge in [-0.2, -0.15) is 13.2 Å². The second-order valence-electron chi connectivity index (χ2n) is 11.4. The van der Waals surface area contributed by atoms with Crippen molar-refractivity contribution < 1.29 is 22.8 Å². The number of hydrogen-bond acceptors (Lipinski definition) is 7. The molecule has 9 nitrogen and oxygen atoms in total. The van der Waals surface area contributed by atoms with E-state index in [4.69, 9.17) is 11.6 Å². The summed E-state index contributed by atoms with van der Waals surface area (Å²) in [6.45, 7) is 4.12. The van der Waals surface area contributed by atoms with E-state index in [1.165, 1.54) is 36.4 Å². The summed E-state index contributed by atoms with van der Waals surface area (Å²) >= 11 is 5.66. The number of pyridine rings is 1. The van der Waals surface area contributed by atoms with Gasteiger partial charge in [0.2, 0.25) is 0 Å². The number of alkyl halides is 3. The Labute approximate surface area is 275 Å². The second-order valence-corrected chi connectivity index (χ2v) is 11.8. The number of anilines is 2. The highest BCUT2D eigenvalue weighted by Crippen LogP contribution is 2.28. The molecule has 0 saturated carbocycles. The van der Waals surface area contributed by atoms with Gasteiger partial charge in [-0.3, -0.25) is 14.6 Å². The lowest BCUT2D eigenvalue weighted by Gasteiger charge is -2.23. The van der Waals surface area contributed by atoms with E-state index >= 15 is 0 Å². The molecule has 0 aliphatic carbocycles. The summed E-state index contributed by atoms with van der Waals surface area (Å²) in [6.07, 6.45) is 3.83. The minimum atomic E-state index is -4.52. The van der Waals surface area contributed by atoms with Crippen LogP contribution in [0.4, 0.5) is 24.5 Å². The summed E-state index contributed by atoms with van der Waals surface area (Å²) in [5, 5.41) is 12.5. The topological polar surface area (TPSA) is 121 Å². The zero-order valence-corrected chi connectivity index (χ0v) is 26.2. The fourth-order valence-electron chi connectivity index (χ4n) is 5.47. The summed E-state index contributed by atoms with van der Waals surface area (Å²) < 4.78 is 37.5. The predicted molar refractivity (Wildman–Crippen MR) is 175 cm³/mol. The van der Waals surface area contributed by atoms with Crippen molar-refractivity contribution in [2.24, 2.45) is 0 Å². The summed E-state index contributed by atoms with van der Waals surface area (Å²) in [5.41, 5.74) is 3.15. The Hall–Kier alpha value is -4.39. The van der Waals surface area contributed by atoms with E-state index in [0.717, 1.165) is 63.0 Å². The number of hydrogen-bond donors (Lipinski definition) is 4. The number of halogens is 4. The highest BCUT2D eigenvalue weighted by Gasteiger charge is 2.32. The number of carbonyl (C=O) groups excluding carboxylic acids is 2. The van der Waals surface area contributed by atoms with Gasteiger partial charge >= 0.3 is 6.18 Å². The van der Waals surface area contributed by atoms with Crippen LogP contribution in [0.5, 0.6) is 0 Å². The first-order chi connectivity index (χ1) is 22.7. The number of piperidine rings is 2. The fraction of sp³-hybridized carbons (Fsp3) is 0.324. The zero-order valence-electron chi connectivity index (χ0n) is 25.5. The number of nitrogens with zero attached hydrogens (tertiary/aromatic N) is 3. The number of rotatable bonds is 6. The molecular weight excluding hydrogens is 631 g/mol. The molecular formula is C34H35ClF3N7O2. The van der Waals surface area contributed by atoms with Crippen LogP contribution in [0.1, 0.15) is 75.2 Å². The Morgan fingerprint density at radius 2 is 1.26 bits per heavy atom. The molecule has 2 aliphatic rings. The highest BCUT2D eigenvalue weighted by molar-refractivity contribution is 6.29. The van der Waals surface area contributed by atoms with Crippen LogP contribution in [0.15, 0.2) is 79.3 Å². The zero-order chi connectivity index (χ0) is 33.2. The third-order valence-corrected chi connectivity index (χ3v) is 8.24. The Bertz CT molecular complexity index is 1610. The van der Waals surface area contributed by atoms with E-state index < -0.39 is 17.8 Å². The molecule has 6 rings (SSSR count). The monoisotopic (exact) mass is 665 g/mol. The van der Waals surface area contributed by atoms with Gasteiger partial charge in [0, 0.05) is 30.7 Å². The van der Waals surface area contributed by atoms with Gasteiger partial charge in [-0.05, 0) is 98.1 Å². The SMILES string of the molecule is O=C(Nc1ccc([C@@H]2CCCNC2)cc1)c1ccc(C(F)(F)F)nc1.O=C(Nc1ccc([C@H]2CCCNC2)cc1)c1cnc(Cl)cn1. The Kier molecular flexibility index (Phi) is 11.5. The van der Waals surface area contributed by atoms with Crippen molar-refractivity contribution in [1.82, 2.24) is 25.6 Å². The number of carbonyl (C=O) groups is 2. The van der Waals surface area contributed by atoms with E-state index in [-0.39, 0.29) is 22.3 Å². The molecule has 4 aromatic rings. The van der Waals surface area contributed by atoms with Crippen molar-refractivity contribution in [3.63, 3.8) is 0 Å².